The van der Waals surface area contributed by atoms with Gasteiger partial charge in [0.05, 0.1) is 6.54 Å². The van der Waals surface area contributed by atoms with Crippen molar-refractivity contribution in [3.05, 3.63) is 59.7 Å². The summed E-state index contributed by atoms with van der Waals surface area (Å²) in [6.07, 6.45) is 13.1. The van der Waals surface area contributed by atoms with Crippen LogP contribution in [0.25, 0.3) is 11.1 Å². The van der Waals surface area contributed by atoms with Crippen LogP contribution in [-0.4, -0.2) is 24.9 Å². The minimum absolute atomic E-state index is 0.0837. The molecule has 0 aliphatic heterocycles. The molecule has 2 aromatic rings. The largest absolute Gasteiger partial charge is 0.352 e. The van der Waals surface area contributed by atoms with Gasteiger partial charge in [0, 0.05) is 17.7 Å². The van der Waals surface area contributed by atoms with Crippen LogP contribution in [0.5, 0.6) is 0 Å². The summed E-state index contributed by atoms with van der Waals surface area (Å²) >= 11 is 0. The Kier molecular flexibility index (Phi) is 8.06. The summed E-state index contributed by atoms with van der Waals surface area (Å²) in [6.45, 7) is 2.69. The predicted molar refractivity (Wildman–Crippen MR) is 101 cm³/mol. The third-order valence-electron chi connectivity index (χ3n) is 3.32. The Morgan fingerprint density at radius 1 is 0.840 bits per heavy atom. The molecule has 2 aromatic carbocycles. The molecule has 0 fully saturated rings. The molecule has 0 bridgehead atoms. The average molecular weight is 332 g/mol. The third-order valence-corrected chi connectivity index (χ3v) is 3.32. The maximum absolute atomic E-state index is 11.8. The number of amides is 2. The molecule has 0 saturated heterocycles. The van der Waals surface area contributed by atoms with Crippen molar-refractivity contribution in [3.8, 4) is 36.3 Å². The van der Waals surface area contributed by atoms with Crippen molar-refractivity contribution in [2.45, 2.75) is 6.92 Å². The lowest BCUT2D eigenvalue weighted by Crippen LogP contribution is -2.23. The van der Waals surface area contributed by atoms with Crippen LogP contribution >= 0.6 is 0 Å². The van der Waals surface area contributed by atoms with Gasteiger partial charge in [-0.05, 0) is 42.3 Å². The molecular weight excluding hydrogens is 312 g/mol. The zero-order valence-electron chi connectivity index (χ0n) is 14.1. The summed E-state index contributed by atoms with van der Waals surface area (Å²) < 4.78 is 0. The summed E-state index contributed by atoms with van der Waals surface area (Å²) in [6, 6.07) is 14.6. The van der Waals surface area contributed by atoms with Crippen molar-refractivity contribution in [2.24, 2.45) is 0 Å². The number of benzene rings is 2. The van der Waals surface area contributed by atoms with Gasteiger partial charge in [-0.1, -0.05) is 30.2 Å². The maximum atomic E-state index is 11.8. The highest BCUT2D eigenvalue weighted by molar-refractivity contribution is 5.95. The molecule has 0 aliphatic carbocycles. The fourth-order valence-electron chi connectivity index (χ4n) is 2.12. The first-order valence-corrected chi connectivity index (χ1v) is 7.69. The Hall–Kier alpha value is -3.50. The molecule has 126 valence electrons. The van der Waals surface area contributed by atoms with E-state index in [-0.39, 0.29) is 18.4 Å². The van der Waals surface area contributed by atoms with Crippen molar-refractivity contribution in [2.75, 3.05) is 13.1 Å². The van der Waals surface area contributed by atoms with Crippen LogP contribution in [0.4, 0.5) is 0 Å². The molecule has 0 heterocycles. The van der Waals surface area contributed by atoms with Crippen LogP contribution < -0.4 is 10.6 Å². The number of terminal acetylenes is 2. The normalized spacial score (nSPS) is 9.04. The van der Waals surface area contributed by atoms with Gasteiger partial charge in [0.15, 0.2) is 0 Å². The molecule has 0 aliphatic rings. The molecule has 2 amide bonds. The second kappa shape index (κ2) is 10.3. The van der Waals surface area contributed by atoms with E-state index in [0.29, 0.717) is 17.7 Å². The molecular formula is C21H20N2O2. The third kappa shape index (κ3) is 5.57. The topological polar surface area (TPSA) is 58.2 Å². The van der Waals surface area contributed by atoms with Crippen LogP contribution in [0.3, 0.4) is 0 Å². The van der Waals surface area contributed by atoms with E-state index in [2.05, 4.69) is 29.4 Å². The monoisotopic (exact) mass is 332 g/mol. The smallest absolute Gasteiger partial charge is 0.252 e. The minimum Gasteiger partial charge on any atom is -0.352 e. The van der Waals surface area contributed by atoms with Crippen LogP contribution in [0.2, 0.25) is 0 Å². The lowest BCUT2D eigenvalue weighted by molar-refractivity contribution is 0.0949. The molecule has 4 heteroatoms. The fraction of sp³-hybridized carbons (Fsp3) is 0.143. The average Bonchev–Trinajstić information content (AvgIpc) is 2.68. The second-order valence-corrected chi connectivity index (χ2v) is 4.90. The van der Waals surface area contributed by atoms with Crippen molar-refractivity contribution >= 4 is 11.8 Å². The first kappa shape index (κ1) is 19.5. The van der Waals surface area contributed by atoms with E-state index in [4.69, 9.17) is 6.42 Å². The summed E-state index contributed by atoms with van der Waals surface area (Å²) in [7, 11) is 0. The molecule has 2 N–H and O–H groups in total. The molecule has 4 nitrogen and oxygen atoms in total. The number of rotatable bonds is 5. The van der Waals surface area contributed by atoms with Crippen molar-refractivity contribution < 1.29 is 9.59 Å². The van der Waals surface area contributed by atoms with Gasteiger partial charge in [0.25, 0.3) is 11.8 Å². The van der Waals surface area contributed by atoms with Gasteiger partial charge in [-0.3, -0.25) is 9.59 Å². The van der Waals surface area contributed by atoms with Crippen LogP contribution in [0.1, 0.15) is 27.6 Å². The van der Waals surface area contributed by atoms with E-state index in [1.165, 1.54) is 0 Å². The maximum Gasteiger partial charge on any atom is 0.252 e. The number of hydrogen-bond donors (Lipinski definition) is 2. The van der Waals surface area contributed by atoms with Crippen LogP contribution in [0.15, 0.2) is 48.5 Å². The number of nitrogens with one attached hydrogen (secondary N) is 2. The zero-order valence-corrected chi connectivity index (χ0v) is 14.1. The highest BCUT2D eigenvalue weighted by atomic mass is 16.2. The predicted octanol–water partition coefficient (Wildman–Crippen LogP) is 2.72. The number of carbonyl (C=O) groups excluding carboxylic acids is 2. The van der Waals surface area contributed by atoms with Crippen molar-refractivity contribution in [1.82, 2.24) is 10.6 Å². The van der Waals surface area contributed by atoms with E-state index in [1.54, 1.807) is 24.3 Å². The number of carbonyl (C=O) groups is 2. The second-order valence-electron chi connectivity index (χ2n) is 4.90. The van der Waals surface area contributed by atoms with Gasteiger partial charge in [-0.25, -0.2) is 0 Å². The zero-order chi connectivity index (χ0) is 18.7. The summed E-state index contributed by atoms with van der Waals surface area (Å²) in [5.74, 6) is 2.09. The highest BCUT2D eigenvalue weighted by Gasteiger charge is 2.06. The van der Waals surface area contributed by atoms with Gasteiger partial charge in [-0.15, -0.1) is 19.3 Å². The molecule has 0 radical (unpaired) electrons. The summed E-state index contributed by atoms with van der Waals surface area (Å²) in [5.41, 5.74) is 3.14. The van der Waals surface area contributed by atoms with Crippen LogP contribution in [-0.2, 0) is 0 Å². The Bertz CT molecular complexity index is 766. The molecule has 0 atom stereocenters. The van der Waals surface area contributed by atoms with Crippen molar-refractivity contribution in [3.63, 3.8) is 0 Å². The quantitative estimate of drug-likeness (QED) is 0.827. The van der Waals surface area contributed by atoms with E-state index in [0.717, 1.165) is 11.1 Å². The Balaban J connectivity index is 0.00000151. The SMILES string of the molecule is C#C.C#CCNC(=O)c1ccc(-c2ccc(C(=O)NCC)cc2)cc1. The van der Waals surface area contributed by atoms with Gasteiger partial charge in [0.2, 0.25) is 0 Å². The summed E-state index contributed by atoms with van der Waals surface area (Å²) in [5, 5.41) is 5.38. The minimum atomic E-state index is -0.193. The van der Waals surface area contributed by atoms with Crippen molar-refractivity contribution in [1.29, 1.82) is 0 Å². The van der Waals surface area contributed by atoms with Gasteiger partial charge in [-0.2, -0.15) is 0 Å². The van der Waals surface area contributed by atoms with E-state index < -0.39 is 0 Å². The first-order valence-electron chi connectivity index (χ1n) is 7.69. The van der Waals surface area contributed by atoms with Gasteiger partial charge >= 0.3 is 0 Å². The Morgan fingerprint density at radius 2 is 1.24 bits per heavy atom. The highest BCUT2D eigenvalue weighted by Crippen LogP contribution is 2.20. The van der Waals surface area contributed by atoms with Crippen LogP contribution in [0, 0.1) is 25.2 Å². The van der Waals surface area contributed by atoms with Gasteiger partial charge in [0.1, 0.15) is 0 Å². The van der Waals surface area contributed by atoms with Gasteiger partial charge < -0.3 is 10.6 Å². The molecule has 0 saturated carbocycles. The first-order chi connectivity index (χ1) is 12.2. The Labute approximate surface area is 148 Å². The van der Waals surface area contributed by atoms with E-state index in [1.807, 2.05) is 31.2 Å². The number of hydrogen-bond acceptors (Lipinski definition) is 2. The van der Waals surface area contributed by atoms with E-state index in [9.17, 15) is 9.59 Å². The standard InChI is InChI=1S/C19H18N2O2.C2H2/c1-3-13-21-19(23)17-11-7-15(8-12-17)14-5-9-16(10-6-14)18(22)20-4-2;1-2/h1,5-12H,4,13H2,2H3,(H,20,22)(H,21,23);1-2H. The fourth-order valence-corrected chi connectivity index (χ4v) is 2.12. The lowest BCUT2D eigenvalue weighted by atomic mass is 10.0. The lowest BCUT2D eigenvalue weighted by Gasteiger charge is -2.06. The van der Waals surface area contributed by atoms with E-state index >= 15 is 0 Å². The Morgan fingerprint density at radius 3 is 1.60 bits per heavy atom. The summed E-state index contributed by atoms with van der Waals surface area (Å²) in [4.78, 5) is 23.5. The molecule has 2 rings (SSSR count). The molecule has 25 heavy (non-hydrogen) atoms. The molecule has 0 spiro atoms. The molecule has 0 aromatic heterocycles. The molecule has 0 unspecified atom stereocenters.